The van der Waals surface area contributed by atoms with E-state index >= 15 is 0 Å². The van der Waals surface area contributed by atoms with Gasteiger partial charge in [0.25, 0.3) is 0 Å². The molecule has 1 aromatic rings. The molecule has 0 unspecified atom stereocenters. The number of ether oxygens (including phenoxy) is 1. The second kappa shape index (κ2) is 5.49. The summed E-state index contributed by atoms with van der Waals surface area (Å²) in [4.78, 5) is 10.3. The topological polar surface area (TPSA) is 97.0 Å². The molecule has 1 saturated heterocycles. The first-order chi connectivity index (χ1) is 8.91. The van der Waals surface area contributed by atoms with Crippen LogP contribution in [0.2, 0.25) is 5.22 Å². The molecule has 0 radical (unpaired) electrons. The molecule has 0 aliphatic carbocycles. The van der Waals surface area contributed by atoms with E-state index in [2.05, 4.69) is 0 Å². The van der Waals surface area contributed by atoms with Crippen molar-refractivity contribution in [3.05, 3.63) is 17.5 Å². The van der Waals surface area contributed by atoms with Crippen molar-refractivity contribution in [1.29, 1.82) is 0 Å². The van der Waals surface area contributed by atoms with Gasteiger partial charge in [0.2, 0.25) is 15.2 Å². The molecule has 1 fully saturated rings. The molecule has 1 atom stereocenters. The Morgan fingerprint density at radius 1 is 1.63 bits per heavy atom. The van der Waals surface area contributed by atoms with Gasteiger partial charge in [-0.1, -0.05) is 0 Å². The van der Waals surface area contributed by atoms with Gasteiger partial charge < -0.3 is 14.3 Å². The number of hydrogen-bond donors (Lipinski definition) is 1. The normalized spacial score (nSPS) is 20.8. The van der Waals surface area contributed by atoms with Gasteiger partial charge in [-0.15, -0.1) is 0 Å². The number of hydrogen-bond acceptors (Lipinski definition) is 5. The summed E-state index contributed by atoms with van der Waals surface area (Å²) in [6.45, 7) is -0.0731. The standard InChI is InChI=1S/C10H12ClNO6S/c11-10-8(2-4-17-10)19(15,16)12-3-1-7(5-12)18-6-9(13)14/h2,4,7H,1,3,5-6H2,(H,13,14)/t7-/m0/s1. The molecule has 0 saturated carbocycles. The zero-order valence-electron chi connectivity index (χ0n) is 9.78. The molecule has 1 aromatic heterocycles. The largest absolute Gasteiger partial charge is 0.480 e. The van der Waals surface area contributed by atoms with Crippen LogP contribution in [-0.2, 0) is 19.6 Å². The molecule has 19 heavy (non-hydrogen) atoms. The summed E-state index contributed by atoms with van der Waals surface area (Å²) in [6.07, 6.45) is 1.22. The number of furan rings is 1. The average molecular weight is 310 g/mol. The second-order valence-electron chi connectivity index (χ2n) is 4.04. The quantitative estimate of drug-likeness (QED) is 0.864. The fourth-order valence-electron chi connectivity index (χ4n) is 1.85. The first-order valence-corrected chi connectivity index (χ1v) is 7.29. The third kappa shape index (κ3) is 3.08. The molecular weight excluding hydrogens is 298 g/mol. The molecule has 1 aliphatic heterocycles. The van der Waals surface area contributed by atoms with Gasteiger partial charge in [-0.2, -0.15) is 4.31 Å². The summed E-state index contributed by atoms with van der Waals surface area (Å²) in [7, 11) is -3.72. The Labute approximate surface area is 114 Å². The molecular formula is C10H12ClNO6S. The lowest BCUT2D eigenvalue weighted by molar-refractivity contribution is -0.144. The molecule has 0 aromatic carbocycles. The third-order valence-electron chi connectivity index (χ3n) is 2.75. The van der Waals surface area contributed by atoms with E-state index in [1.807, 2.05) is 0 Å². The second-order valence-corrected chi connectivity index (χ2v) is 6.29. The fraction of sp³-hybridized carbons (Fsp3) is 0.500. The number of carbonyl (C=O) groups is 1. The van der Waals surface area contributed by atoms with Gasteiger partial charge in [0, 0.05) is 13.1 Å². The number of halogens is 1. The van der Waals surface area contributed by atoms with Gasteiger partial charge in [-0.25, -0.2) is 13.2 Å². The number of aliphatic carboxylic acids is 1. The van der Waals surface area contributed by atoms with Crippen molar-refractivity contribution in [3.8, 4) is 0 Å². The van der Waals surface area contributed by atoms with E-state index in [0.29, 0.717) is 6.42 Å². The monoisotopic (exact) mass is 309 g/mol. The molecule has 0 amide bonds. The molecule has 0 bridgehead atoms. The lowest BCUT2D eigenvalue weighted by atomic mass is 10.3. The van der Waals surface area contributed by atoms with Gasteiger partial charge in [0.15, 0.2) is 0 Å². The molecule has 2 heterocycles. The number of sulfonamides is 1. The van der Waals surface area contributed by atoms with Gasteiger partial charge >= 0.3 is 5.97 Å². The lowest BCUT2D eigenvalue weighted by Crippen LogP contribution is -2.30. The Morgan fingerprint density at radius 3 is 2.95 bits per heavy atom. The predicted molar refractivity (Wildman–Crippen MR) is 64.5 cm³/mol. The summed E-state index contributed by atoms with van der Waals surface area (Å²) in [5, 5.41) is 8.31. The minimum atomic E-state index is -3.72. The highest BCUT2D eigenvalue weighted by Crippen LogP contribution is 2.28. The van der Waals surface area contributed by atoms with E-state index in [1.165, 1.54) is 16.6 Å². The van der Waals surface area contributed by atoms with Crippen LogP contribution in [0.25, 0.3) is 0 Å². The molecule has 106 valence electrons. The summed E-state index contributed by atoms with van der Waals surface area (Å²) in [5.74, 6) is -1.08. The average Bonchev–Trinajstić information content (AvgIpc) is 2.95. The third-order valence-corrected chi connectivity index (χ3v) is 5.05. The first kappa shape index (κ1) is 14.3. The van der Waals surface area contributed by atoms with Gasteiger partial charge in [-0.3, -0.25) is 0 Å². The Bertz CT molecular complexity index is 568. The Kier molecular flexibility index (Phi) is 4.14. The van der Waals surface area contributed by atoms with E-state index in [9.17, 15) is 13.2 Å². The zero-order chi connectivity index (χ0) is 14.0. The lowest BCUT2D eigenvalue weighted by Gasteiger charge is -2.15. The fourth-order valence-corrected chi connectivity index (χ4v) is 3.72. The van der Waals surface area contributed by atoms with Crippen molar-refractivity contribution in [2.45, 2.75) is 17.4 Å². The van der Waals surface area contributed by atoms with E-state index in [4.69, 9.17) is 25.9 Å². The van der Waals surface area contributed by atoms with Crippen LogP contribution >= 0.6 is 11.6 Å². The molecule has 1 N–H and O–H groups in total. The van der Waals surface area contributed by atoms with Gasteiger partial charge in [0.05, 0.1) is 12.4 Å². The molecule has 2 rings (SSSR count). The van der Waals surface area contributed by atoms with Crippen molar-refractivity contribution in [2.24, 2.45) is 0 Å². The Hall–Kier alpha value is -1.09. The minimum absolute atomic E-state index is 0.0898. The molecule has 7 nitrogen and oxygen atoms in total. The summed E-state index contributed by atoms with van der Waals surface area (Å²) in [5.41, 5.74) is 0. The van der Waals surface area contributed by atoms with Crippen LogP contribution < -0.4 is 0 Å². The highest BCUT2D eigenvalue weighted by Gasteiger charge is 2.35. The van der Waals surface area contributed by atoms with Crippen LogP contribution in [0.15, 0.2) is 21.6 Å². The van der Waals surface area contributed by atoms with Crippen molar-refractivity contribution in [2.75, 3.05) is 19.7 Å². The SMILES string of the molecule is O=C(O)CO[C@H]1CCN(S(=O)(=O)c2ccoc2Cl)C1. The maximum absolute atomic E-state index is 12.2. The molecule has 1 aliphatic rings. The smallest absolute Gasteiger partial charge is 0.329 e. The van der Waals surface area contributed by atoms with Gasteiger partial charge in [0.1, 0.15) is 11.5 Å². The summed E-state index contributed by atoms with van der Waals surface area (Å²) < 4.78 is 35.5. The number of nitrogens with zero attached hydrogens (tertiary/aromatic N) is 1. The van der Waals surface area contributed by atoms with Crippen LogP contribution in [0, 0.1) is 0 Å². The van der Waals surface area contributed by atoms with E-state index in [-0.39, 0.29) is 23.2 Å². The number of rotatable bonds is 5. The Morgan fingerprint density at radius 2 is 2.37 bits per heavy atom. The highest BCUT2D eigenvalue weighted by molar-refractivity contribution is 7.89. The summed E-state index contributed by atoms with van der Waals surface area (Å²) >= 11 is 5.66. The zero-order valence-corrected chi connectivity index (χ0v) is 11.4. The van der Waals surface area contributed by atoms with E-state index in [0.717, 1.165) is 0 Å². The van der Waals surface area contributed by atoms with Crippen LogP contribution in [0.1, 0.15) is 6.42 Å². The number of carboxylic acids is 1. The maximum atomic E-state index is 12.2. The van der Waals surface area contributed by atoms with Crippen molar-refractivity contribution in [1.82, 2.24) is 4.31 Å². The molecule has 0 spiro atoms. The number of carboxylic acid groups (broad SMARTS) is 1. The predicted octanol–water partition coefficient (Wildman–Crippen LogP) is 0.797. The minimum Gasteiger partial charge on any atom is -0.480 e. The molecule has 9 heteroatoms. The van der Waals surface area contributed by atoms with E-state index < -0.39 is 28.7 Å². The maximum Gasteiger partial charge on any atom is 0.329 e. The van der Waals surface area contributed by atoms with Gasteiger partial charge in [-0.05, 0) is 24.1 Å². The van der Waals surface area contributed by atoms with Crippen LogP contribution in [0.3, 0.4) is 0 Å². The van der Waals surface area contributed by atoms with Crippen molar-refractivity contribution < 1.29 is 27.5 Å². The van der Waals surface area contributed by atoms with Crippen molar-refractivity contribution >= 4 is 27.6 Å². The highest BCUT2D eigenvalue weighted by atomic mass is 35.5. The van der Waals surface area contributed by atoms with Crippen LogP contribution in [0.4, 0.5) is 0 Å². The summed E-state index contributed by atoms with van der Waals surface area (Å²) in [6, 6.07) is 1.28. The van der Waals surface area contributed by atoms with Crippen LogP contribution in [-0.4, -0.2) is 49.6 Å². The Balaban J connectivity index is 2.04. The first-order valence-electron chi connectivity index (χ1n) is 5.48. The van der Waals surface area contributed by atoms with Crippen molar-refractivity contribution in [3.63, 3.8) is 0 Å². The van der Waals surface area contributed by atoms with E-state index in [1.54, 1.807) is 0 Å². The van der Waals surface area contributed by atoms with Crippen LogP contribution in [0.5, 0.6) is 0 Å².